The highest BCUT2D eigenvalue weighted by molar-refractivity contribution is 7.92. The van der Waals surface area contributed by atoms with Gasteiger partial charge in [-0.15, -0.1) is 0 Å². The highest BCUT2D eigenvalue weighted by atomic mass is 35.5. The second-order valence-corrected chi connectivity index (χ2v) is 12.1. The number of rotatable bonds is 7. The van der Waals surface area contributed by atoms with Gasteiger partial charge in [0.25, 0.3) is 0 Å². The molecule has 204 valence electrons. The summed E-state index contributed by atoms with van der Waals surface area (Å²) >= 11 is 6.30. The van der Waals surface area contributed by atoms with Crippen LogP contribution in [0.1, 0.15) is 32.3 Å². The Balaban J connectivity index is 1.88. The van der Waals surface area contributed by atoms with Crippen LogP contribution in [0, 0.1) is 0 Å². The number of carbonyl (C=O) groups excluding carboxylic acids is 1. The van der Waals surface area contributed by atoms with Crippen LogP contribution in [0.15, 0.2) is 42.5 Å². The minimum absolute atomic E-state index is 0.0107. The van der Waals surface area contributed by atoms with E-state index in [1.54, 1.807) is 19.2 Å². The summed E-state index contributed by atoms with van der Waals surface area (Å²) in [7, 11) is 0.0437. The van der Waals surface area contributed by atoms with E-state index in [0.29, 0.717) is 56.3 Å². The van der Waals surface area contributed by atoms with E-state index < -0.39 is 10.0 Å². The van der Waals surface area contributed by atoms with E-state index >= 15 is 0 Å². The fourth-order valence-corrected chi connectivity index (χ4v) is 5.80. The van der Waals surface area contributed by atoms with Gasteiger partial charge < -0.3 is 14.5 Å². The molecule has 0 radical (unpaired) electrons. The maximum Gasteiger partial charge on any atom is 0.232 e. The number of benzene rings is 2. The molecule has 0 bridgehead atoms. The molecule has 2 aromatic rings. The quantitative estimate of drug-likeness (QED) is 0.517. The van der Waals surface area contributed by atoms with Crippen molar-refractivity contribution < 1.29 is 17.9 Å². The van der Waals surface area contributed by atoms with Gasteiger partial charge in [-0.25, -0.2) is 8.42 Å². The molecular weight excluding hydrogens is 512 g/mol. The summed E-state index contributed by atoms with van der Waals surface area (Å²) in [5.74, 6) is 0.767. The molecule has 0 atom stereocenters. The van der Waals surface area contributed by atoms with E-state index in [2.05, 4.69) is 18.7 Å². The third kappa shape index (κ3) is 7.75. The lowest BCUT2D eigenvalue weighted by Crippen LogP contribution is -2.42. The SMILES string of the molecule is COc1ccccc1N(C)CCC(=O)N1CCN(C(C)C)CCCN(S(C)(=O)=O)c2cc(Cl)ccc2C1. The van der Waals surface area contributed by atoms with Gasteiger partial charge in [-0.05, 0) is 50.1 Å². The Morgan fingerprint density at radius 3 is 2.51 bits per heavy atom. The Morgan fingerprint density at radius 1 is 1.11 bits per heavy atom. The molecule has 1 aliphatic rings. The normalized spacial score (nSPS) is 15.8. The number of fused-ring (bicyclic) bond motifs is 1. The van der Waals surface area contributed by atoms with Crippen LogP contribution >= 0.6 is 11.6 Å². The molecule has 0 unspecified atom stereocenters. The average molecular weight is 551 g/mol. The van der Waals surface area contributed by atoms with Crippen LogP contribution in [-0.4, -0.2) is 83.3 Å². The molecule has 37 heavy (non-hydrogen) atoms. The summed E-state index contributed by atoms with van der Waals surface area (Å²) in [6.07, 6.45) is 2.21. The number of anilines is 2. The third-order valence-electron chi connectivity index (χ3n) is 6.78. The van der Waals surface area contributed by atoms with Gasteiger partial charge >= 0.3 is 0 Å². The minimum atomic E-state index is -3.54. The molecule has 3 rings (SSSR count). The lowest BCUT2D eigenvalue weighted by atomic mass is 10.1. The van der Waals surface area contributed by atoms with Gasteiger partial charge in [0.1, 0.15) is 5.75 Å². The monoisotopic (exact) mass is 550 g/mol. The molecular formula is C27H39ClN4O4S. The maximum atomic E-state index is 13.6. The zero-order chi connectivity index (χ0) is 27.2. The topological polar surface area (TPSA) is 73.4 Å². The van der Waals surface area contributed by atoms with Gasteiger partial charge in [-0.1, -0.05) is 29.8 Å². The standard InChI is InChI=1S/C27H39ClN4O4S/c1-21(2)30-14-8-15-32(37(5,34)35)25-19-23(28)12-11-22(25)20-31(18-17-30)27(33)13-16-29(3)24-9-6-7-10-26(24)36-4/h6-7,9-12,19,21H,8,13-18,20H2,1-5H3. The van der Waals surface area contributed by atoms with Gasteiger partial charge in [0, 0.05) is 63.8 Å². The summed E-state index contributed by atoms with van der Waals surface area (Å²) in [5, 5.41) is 0.461. The molecule has 0 N–H and O–H groups in total. The molecule has 0 spiro atoms. The second-order valence-electron chi connectivity index (χ2n) is 9.75. The first-order chi connectivity index (χ1) is 17.5. The lowest BCUT2D eigenvalue weighted by molar-refractivity contribution is -0.131. The molecule has 0 saturated carbocycles. The number of amides is 1. The highest BCUT2D eigenvalue weighted by Crippen LogP contribution is 2.30. The van der Waals surface area contributed by atoms with E-state index in [1.165, 1.54) is 10.6 Å². The number of hydrogen-bond acceptors (Lipinski definition) is 6. The zero-order valence-corrected chi connectivity index (χ0v) is 24.1. The van der Waals surface area contributed by atoms with Gasteiger partial charge in [0.15, 0.2) is 0 Å². The van der Waals surface area contributed by atoms with E-state index in [-0.39, 0.29) is 11.9 Å². The molecule has 1 heterocycles. The number of nitrogens with zero attached hydrogens (tertiary/aromatic N) is 4. The van der Waals surface area contributed by atoms with Crippen LogP contribution in [0.25, 0.3) is 0 Å². The molecule has 1 amide bonds. The summed E-state index contributed by atoms with van der Waals surface area (Å²) in [6.45, 7) is 7.43. The Bertz CT molecular complexity index is 1170. The molecule has 0 aromatic heterocycles. The first kappa shape index (κ1) is 29.1. The first-order valence-electron chi connectivity index (χ1n) is 12.6. The first-order valence-corrected chi connectivity index (χ1v) is 14.9. The summed E-state index contributed by atoms with van der Waals surface area (Å²) < 4.78 is 32.5. The minimum Gasteiger partial charge on any atom is -0.495 e. The molecule has 1 aliphatic heterocycles. The number of hydrogen-bond donors (Lipinski definition) is 0. The van der Waals surface area contributed by atoms with Crippen molar-refractivity contribution in [3.05, 3.63) is 53.1 Å². The highest BCUT2D eigenvalue weighted by Gasteiger charge is 2.25. The molecule has 0 fully saturated rings. The van der Waals surface area contributed by atoms with Crippen LogP contribution in [0.4, 0.5) is 11.4 Å². The maximum absolute atomic E-state index is 13.6. The van der Waals surface area contributed by atoms with Crippen LogP contribution in [0.2, 0.25) is 5.02 Å². The van der Waals surface area contributed by atoms with E-state index in [9.17, 15) is 13.2 Å². The van der Waals surface area contributed by atoms with E-state index in [1.807, 2.05) is 47.2 Å². The van der Waals surface area contributed by atoms with Crippen molar-refractivity contribution in [2.24, 2.45) is 0 Å². The van der Waals surface area contributed by atoms with Gasteiger partial charge in [0.05, 0.1) is 24.7 Å². The molecule has 0 saturated heterocycles. The van der Waals surface area contributed by atoms with Crippen molar-refractivity contribution in [1.29, 1.82) is 0 Å². The Hall–Kier alpha value is -2.49. The van der Waals surface area contributed by atoms with Gasteiger partial charge in [-0.3, -0.25) is 14.0 Å². The predicted molar refractivity (Wildman–Crippen MR) is 151 cm³/mol. The third-order valence-corrected chi connectivity index (χ3v) is 8.20. The Labute approximate surface area is 226 Å². The summed E-state index contributed by atoms with van der Waals surface area (Å²) in [4.78, 5) is 19.7. The Morgan fingerprint density at radius 2 is 1.84 bits per heavy atom. The van der Waals surface area contributed by atoms with Crippen LogP contribution < -0.4 is 13.9 Å². The fourth-order valence-electron chi connectivity index (χ4n) is 4.65. The number of methoxy groups -OCH3 is 1. The van der Waals surface area contributed by atoms with Gasteiger partial charge in [0.2, 0.25) is 15.9 Å². The lowest BCUT2D eigenvalue weighted by Gasteiger charge is -2.30. The predicted octanol–water partition coefficient (Wildman–Crippen LogP) is 4.08. The second kappa shape index (κ2) is 12.8. The Kier molecular flexibility index (Phi) is 10.1. The van der Waals surface area contributed by atoms with Crippen LogP contribution in [0.3, 0.4) is 0 Å². The summed E-state index contributed by atoms with van der Waals surface area (Å²) in [6, 6.07) is 13.3. The average Bonchev–Trinajstić information content (AvgIpc) is 2.89. The largest absolute Gasteiger partial charge is 0.495 e. The van der Waals surface area contributed by atoms with Crippen molar-refractivity contribution in [3.8, 4) is 5.75 Å². The number of sulfonamides is 1. The number of carbonyl (C=O) groups is 1. The van der Waals surface area contributed by atoms with Crippen LogP contribution in [-0.2, 0) is 21.4 Å². The van der Waals surface area contributed by atoms with Crippen molar-refractivity contribution in [2.75, 3.05) is 62.3 Å². The van der Waals surface area contributed by atoms with Crippen LogP contribution in [0.5, 0.6) is 5.75 Å². The molecule has 2 aromatic carbocycles. The van der Waals surface area contributed by atoms with Gasteiger partial charge in [-0.2, -0.15) is 0 Å². The van der Waals surface area contributed by atoms with Crippen molar-refractivity contribution in [2.45, 2.75) is 39.3 Å². The van der Waals surface area contributed by atoms with Crippen molar-refractivity contribution in [3.63, 3.8) is 0 Å². The van der Waals surface area contributed by atoms with Crippen molar-refractivity contribution >= 4 is 38.9 Å². The number of halogens is 1. The fraction of sp³-hybridized carbons (Fsp3) is 0.519. The summed E-state index contributed by atoms with van der Waals surface area (Å²) in [5.41, 5.74) is 2.22. The number of ether oxygens (including phenoxy) is 1. The number of para-hydroxylation sites is 2. The van der Waals surface area contributed by atoms with E-state index in [4.69, 9.17) is 16.3 Å². The van der Waals surface area contributed by atoms with E-state index in [0.717, 1.165) is 23.5 Å². The smallest absolute Gasteiger partial charge is 0.232 e. The van der Waals surface area contributed by atoms with Crippen molar-refractivity contribution in [1.82, 2.24) is 9.80 Å². The molecule has 0 aliphatic carbocycles. The molecule has 10 heteroatoms. The molecule has 8 nitrogen and oxygen atoms in total. The zero-order valence-electron chi connectivity index (χ0n) is 22.5.